The van der Waals surface area contributed by atoms with Gasteiger partial charge in [0.25, 0.3) is 0 Å². The van der Waals surface area contributed by atoms with Crippen molar-refractivity contribution in [2.24, 2.45) is 0 Å². The highest BCUT2D eigenvalue weighted by molar-refractivity contribution is 5.84. The Morgan fingerprint density at radius 2 is 2.17 bits per heavy atom. The topological polar surface area (TPSA) is 77.8 Å². The number of nitrogens with one attached hydrogen (secondary N) is 2. The first-order valence-electron chi connectivity index (χ1n) is 5.76. The van der Waals surface area contributed by atoms with Crippen molar-refractivity contribution in [2.75, 3.05) is 5.32 Å². The van der Waals surface area contributed by atoms with Gasteiger partial charge in [0.15, 0.2) is 0 Å². The minimum atomic E-state index is -0.411. The van der Waals surface area contributed by atoms with E-state index < -0.39 is 6.04 Å². The molecule has 96 valence electrons. The van der Waals surface area contributed by atoms with Gasteiger partial charge in [0, 0.05) is 11.7 Å². The molecule has 1 atom stereocenters. The van der Waals surface area contributed by atoms with Gasteiger partial charge < -0.3 is 10.6 Å². The maximum Gasteiger partial charge on any atom is 0.242 e. The van der Waals surface area contributed by atoms with Gasteiger partial charge in [0.2, 0.25) is 5.91 Å². The van der Waals surface area contributed by atoms with Crippen molar-refractivity contribution in [1.29, 1.82) is 5.26 Å². The van der Waals surface area contributed by atoms with Gasteiger partial charge in [0.05, 0.1) is 11.6 Å². The average Bonchev–Trinajstić information content (AvgIpc) is 2.27. The SMILES string of the molecule is C[C@H](Nc1cc(C#N)ccn1)C(=O)NC(C)(C)C. The molecule has 5 heteroatoms. The molecule has 0 unspecified atom stereocenters. The Labute approximate surface area is 107 Å². The normalized spacial score (nSPS) is 12.4. The van der Waals surface area contributed by atoms with Gasteiger partial charge in [-0.15, -0.1) is 0 Å². The van der Waals surface area contributed by atoms with Crippen LogP contribution in [-0.4, -0.2) is 22.5 Å². The Morgan fingerprint density at radius 3 is 2.72 bits per heavy atom. The molecule has 1 heterocycles. The summed E-state index contributed by atoms with van der Waals surface area (Å²) < 4.78 is 0. The maximum absolute atomic E-state index is 11.9. The number of hydrogen-bond donors (Lipinski definition) is 2. The van der Waals surface area contributed by atoms with Crippen molar-refractivity contribution in [1.82, 2.24) is 10.3 Å². The molecule has 0 aliphatic heterocycles. The monoisotopic (exact) mass is 246 g/mol. The Balaban J connectivity index is 2.67. The standard InChI is InChI=1S/C13H18N4O/c1-9(12(18)17-13(2,3)4)16-11-7-10(8-14)5-6-15-11/h5-7,9H,1-4H3,(H,15,16)(H,17,18)/t9-/m0/s1. The first-order chi connectivity index (χ1) is 8.31. The van der Waals surface area contributed by atoms with E-state index in [2.05, 4.69) is 15.6 Å². The summed E-state index contributed by atoms with van der Waals surface area (Å²) in [6.45, 7) is 7.52. The second-order valence-corrected chi connectivity index (χ2v) is 5.15. The number of carbonyl (C=O) groups is 1. The van der Waals surface area contributed by atoms with Crippen molar-refractivity contribution in [3.8, 4) is 6.07 Å². The highest BCUT2D eigenvalue weighted by atomic mass is 16.2. The minimum Gasteiger partial charge on any atom is -0.359 e. The number of aromatic nitrogens is 1. The van der Waals surface area contributed by atoms with Crippen LogP contribution < -0.4 is 10.6 Å². The molecule has 5 nitrogen and oxygen atoms in total. The number of rotatable bonds is 3. The second-order valence-electron chi connectivity index (χ2n) is 5.15. The van der Waals surface area contributed by atoms with Gasteiger partial charge in [-0.2, -0.15) is 5.26 Å². The summed E-state index contributed by atoms with van der Waals surface area (Å²) >= 11 is 0. The first kappa shape index (κ1) is 14.0. The second kappa shape index (κ2) is 5.50. The zero-order valence-electron chi connectivity index (χ0n) is 11.1. The highest BCUT2D eigenvalue weighted by Gasteiger charge is 2.19. The summed E-state index contributed by atoms with van der Waals surface area (Å²) in [6, 6.07) is 4.84. The van der Waals surface area contributed by atoms with E-state index in [1.807, 2.05) is 26.8 Å². The lowest BCUT2D eigenvalue weighted by Crippen LogP contribution is -2.47. The molecule has 1 aromatic heterocycles. The summed E-state index contributed by atoms with van der Waals surface area (Å²) in [7, 11) is 0. The van der Waals surface area contributed by atoms with E-state index in [9.17, 15) is 4.79 Å². The number of nitrogens with zero attached hydrogens (tertiary/aromatic N) is 2. The fourth-order valence-electron chi connectivity index (χ4n) is 1.34. The molecular formula is C13H18N4O. The molecule has 0 aliphatic rings. The van der Waals surface area contributed by atoms with E-state index in [1.54, 1.807) is 19.1 Å². The number of hydrogen-bond acceptors (Lipinski definition) is 4. The summed E-state index contributed by atoms with van der Waals surface area (Å²) in [5.41, 5.74) is 0.241. The van der Waals surface area contributed by atoms with Crippen LogP contribution in [0, 0.1) is 11.3 Å². The molecule has 0 spiro atoms. The molecule has 1 amide bonds. The maximum atomic E-state index is 11.9. The van der Waals surface area contributed by atoms with Crippen molar-refractivity contribution in [3.63, 3.8) is 0 Å². The Kier molecular flexibility index (Phi) is 4.27. The van der Waals surface area contributed by atoms with Crippen LogP contribution in [0.2, 0.25) is 0 Å². The van der Waals surface area contributed by atoms with Crippen LogP contribution in [0.4, 0.5) is 5.82 Å². The third kappa shape index (κ3) is 4.42. The lowest BCUT2D eigenvalue weighted by molar-refractivity contribution is -0.122. The molecular weight excluding hydrogens is 228 g/mol. The lowest BCUT2D eigenvalue weighted by atomic mass is 10.1. The molecule has 1 aromatic rings. The zero-order chi connectivity index (χ0) is 13.8. The quantitative estimate of drug-likeness (QED) is 0.850. The fraction of sp³-hybridized carbons (Fsp3) is 0.462. The molecule has 18 heavy (non-hydrogen) atoms. The van der Waals surface area contributed by atoms with Gasteiger partial charge in [-0.1, -0.05) is 0 Å². The van der Waals surface area contributed by atoms with Gasteiger partial charge in [-0.3, -0.25) is 4.79 Å². The predicted molar refractivity (Wildman–Crippen MR) is 69.9 cm³/mol. The van der Waals surface area contributed by atoms with Gasteiger partial charge >= 0.3 is 0 Å². The number of anilines is 1. The van der Waals surface area contributed by atoms with Crippen molar-refractivity contribution >= 4 is 11.7 Å². The molecule has 0 fully saturated rings. The third-order valence-corrected chi connectivity index (χ3v) is 2.14. The van der Waals surface area contributed by atoms with Crippen molar-refractivity contribution < 1.29 is 4.79 Å². The summed E-state index contributed by atoms with van der Waals surface area (Å²) in [4.78, 5) is 15.9. The van der Waals surface area contributed by atoms with Gasteiger partial charge in [-0.25, -0.2) is 4.98 Å². The van der Waals surface area contributed by atoms with Crippen LogP contribution in [0.1, 0.15) is 33.3 Å². The van der Waals surface area contributed by atoms with Gasteiger partial charge in [0.1, 0.15) is 11.9 Å². The van der Waals surface area contributed by atoms with Crippen LogP contribution >= 0.6 is 0 Å². The van der Waals surface area contributed by atoms with Crippen LogP contribution in [-0.2, 0) is 4.79 Å². The molecule has 0 saturated heterocycles. The van der Waals surface area contributed by atoms with Crippen molar-refractivity contribution in [3.05, 3.63) is 23.9 Å². The Bertz CT molecular complexity index is 471. The fourth-order valence-corrected chi connectivity index (χ4v) is 1.34. The summed E-state index contributed by atoms with van der Waals surface area (Å²) in [6.07, 6.45) is 1.54. The van der Waals surface area contributed by atoms with E-state index in [-0.39, 0.29) is 11.4 Å². The molecule has 1 rings (SSSR count). The number of nitriles is 1. The van der Waals surface area contributed by atoms with Crippen LogP contribution in [0.5, 0.6) is 0 Å². The van der Waals surface area contributed by atoms with Crippen LogP contribution in [0.15, 0.2) is 18.3 Å². The molecule has 0 aliphatic carbocycles. The van der Waals surface area contributed by atoms with E-state index in [0.29, 0.717) is 11.4 Å². The number of carbonyl (C=O) groups excluding carboxylic acids is 1. The zero-order valence-corrected chi connectivity index (χ0v) is 11.1. The number of pyridine rings is 1. The minimum absolute atomic E-state index is 0.105. The molecule has 2 N–H and O–H groups in total. The van der Waals surface area contributed by atoms with Crippen LogP contribution in [0.3, 0.4) is 0 Å². The number of amides is 1. The predicted octanol–water partition coefficient (Wildman–Crippen LogP) is 1.67. The van der Waals surface area contributed by atoms with E-state index in [4.69, 9.17) is 5.26 Å². The highest BCUT2D eigenvalue weighted by Crippen LogP contribution is 2.08. The average molecular weight is 246 g/mol. The molecule has 0 radical (unpaired) electrons. The van der Waals surface area contributed by atoms with E-state index in [1.165, 1.54) is 6.20 Å². The lowest BCUT2D eigenvalue weighted by Gasteiger charge is -2.23. The smallest absolute Gasteiger partial charge is 0.242 e. The Morgan fingerprint density at radius 1 is 1.50 bits per heavy atom. The third-order valence-electron chi connectivity index (χ3n) is 2.14. The van der Waals surface area contributed by atoms with E-state index >= 15 is 0 Å². The molecule has 0 saturated carbocycles. The Hall–Kier alpha value is -2.09. The van der Waals surface area contributed by atoms with E-state index in [0.717, 1.165) is 0 Å². The summed E-state index contributed by atoms with van der Waals surface area (Å²) in [5.74, 6) is 0.414. The first-order valence-corrected chi connectivity index (χ1v) is 5.76. The van der Waals surface area contributed by atoms with Crippen molar-refractivity contribution in [2.45, 2.75) is 39.3 Å². The molecule has 0 bridgehead atoms. The largest absolute Gasteiger partial charge is 0.359 e. The summed E-state index contributed by atoms with van der Waals surface area (Å²) in [5, 5.41) is 14.6. The van der Waals surface area contributed by atoms with Gasteiger partial charge in [-0.05, 0) is 39.8 Å². The van der Waals surface area contributed by atoms with Crippen LogP contribution in [0.25, 0.3) is 0 Å². The molecule has 0 aromatic carbocycles.